The third-order valence-corrected chi connectivity index (χ3v) is 18.5. The van der Waals surface area contributed by atoms with Gasteiger partial charge < -0.3 is 85.5 Å². The molecule has 4 heterocycles. The highest BCUT2D eigenvalue weighted by atomic mass is 35.5. The van der Waals surface area contributed by atoms with Crippen molar-refractivity contribution in [2.75, 3.05) is 26.2 Å². The van der Waals surface area contributed by atoms with Gasteiger partial charge in [-0.2, -0.15) is 0 Å². The maximum atomic E-state index is 15.4. The zero-order chi connectivity index (χ0) is 77.3. The van der Waals surface area contributed by atoms with Gasteiger partial charge in [0.1, 0.15) is 66.5 Å². The first-order valence-corrected chi connectivity index (χ1v) is 35.9. The number of hydrogen-bond acceptors (Lipinski definition) is 16. The van der Waals surface area contributed by atoms with Crippen molar-refractivity contribution in [3.05, 3.63) is 149 Å². The van der Waals surface area contributed by atoms with E-state index in [-0.39, 0.29) is 89.8 Å². The van der Waals surface area contributed by atoms with Gasteiger partial charge in [-0.05, 0) is 102 Å². The molecule has 32 nitrogen and oxygen atoms in total. The zero-order valence-electron chi connectivity index (χ0n) is 59.5. The molecule has 3 saturated heterocycles. The molecule has 3 aliphatic heterocycles. The van der Waals surface area contributed by atoms with Gasteiger partial charge in [-0.1, -0.05) is 116 Å². The molecule has 8 rings (SSSR count). The van der Waals surface area contributed by atoms with Gasteiger partial charge in [0.2, 0.25) is 82.7 Å². The van der Waals surface area contributed by atoms with Gasteiger partial charge in [0, 0.05) is 82.6 Å². The molecule has 5 aromatic rings. The van der Waals surface area contributed by atoms with Crippen molar-refractivity contribution in [3.8, 4) is 0 Å². The van der Waals surface area contributed by atoms with E-state index < -0.39 is 181 Å². The van der Waals surface area contributed by atoms with E-state index in [1.54, 1.807) is 86.6 Å². The first-order valence-electron chi connectivity index (χ1n) is 35.5. The highest BCUT2D eigenvalue weighted by Gasteiger charge is 2.42. The number of nitrogens with two attached hydrogens (primary N) is 2. The molecular weight excluding hydrogens is 1400 g/mol. The largest absolute Gasteiger partial charge is 0.368 e. The molecule has 570 valence electrons. The fraction of sp³-hybridized carbons (Fsp3) is 0.432. The quantitative estimate of drug-likeness (QED) is 0.0286. The van der Waals surface area contributed by atoms with E-state index in [2.05, 4.69) is 74.1 Å². The molecule has 16 amide bonds. The number of primary amides is 2. The molecule has 1 unspecified atom stereocenters. The van der Waals surface area contributed by atoms with Crippen molar-refractivity contribution < 1.29 is 71.9 Å². The number of rotatable bonds is 22. The Morgan fingerprint density at radius 1 is 0.589 bits per heavy atom. The van der Waals surface area contributed by atoms with Crippen LogP contribution in [0, 0.1) is 5.92 Å². The van der Waals surface area contributed by atoms with Crippen LogP contribution in [0.3, 0.4) is 0 Å². The summed E-state index contributed by atoms with van der Waals surface area (Å²) in [5.74, 6) is -13.7. The standard InChI is InChI=1S/C74H92ClN17O15/c1-41(2)32-53-67(100)86-52-27-30-79-64(97)54(34-43-12-5-4-6-13-43)83-61(94)26-25-51(66(99)84-50(65(98)87-53)17-10-29-80-74(77)107)85-71(104)58(38-62(95)81-40-59(63(76)96)91-72(105)60-18-11-31-92(60)73(52)106)90-70(103)57(37-46-14-9-28-78-39-46)89-69(102)56(35-44-20-23-49(75)24-21-44)88-68(101)55(82-42(3)93)36-45-19-22-47-15-7-8-16-48(47)33-45/h4-9,12-16,19-24,28,33,39,41,50-60H,10-11,17-18,25-27,29-32,34-38,40H2,1-3H3,(H2,76,96)(H,79,97)(H,81,95)(H,82,93)(H,83,94)(H,84,99)(H,85,104)(H,86,100)(H,87,98)(H,88,101)(H,89,102)(H,90,103)(H,91,105)(H3,77,80,107)/t50-,51+,52+,53+,54+,55-,56-,57-,58+,59?,60+/m1/s1. The fourth-order valence-electron chi connectivity index (χ4n) is 12.7. The molecule has 107 heavy (non-hydrogen) atoms. The van der Waals surface area contributed by atoms with Gasteiger partial charge in [0.05, 0.1) is 6.42 Å². The van der Waals surface area contributed by atoms with Crippen LogP contribution in [0.4, 0.5) is 4.79 Å². The van der Waals surface area contributed by atoms with E-state index in [1.165, 1.54) is 24.2 Å². The summed E-state index contributed by atoms with van der Waals surface area (Å²) in [6, 6.07) is 12.7. The van der Waals surface area contributed by atoms with Crippen LogP contribution >= 0.6 is 11.6 Å². The lowest BCUT2D eigenvalue weighted by Crippen LogP contribution is -2.61. The molecule has 0 saturated carbocycles. The van der Waals surface area contributed by atoms with Gasteiger partial charge in [-0.25, -0.2) is 4.79 Å². The SMILES string of the molecule is CC(=O)N[C@H](Cc1ccc2ccccc2c1)C(=O)N[C@H](Cc1ccc(Cl)cc1)C(=O)N[C@H](Cc1cccnc1)C(=O)N[C@H]1CC(=O)NCC(C(N)=O)NC(=O)[C@@H]2CCCN2C(=O)[C@@H]2CCNC(=O)[C@H](Cc3ccccc3)NC(=O)CC[C@H](NC1=O)C(=O)N[C@H](CCCNC(N)=O)C(=O)N[C@@H](CC(C)C)C(=O)N2. The molecule has 0 radical (unpaired) electrons. The number of nitrogens with one attached hydrogen (secondary N) is 13. The Morgan fingerprint density at radius 2 is 1.22 bits per heavy atom. The zero-order valence-corrected chi connectivity index (χ0v) is 60.3. The number of aromatic nitrogens is 1. The van der Waals surface area contributed by atoms with E-state index in [0.29, 0.717) is 27.3 Å². The molecule has 17 N–H and O–H groups in total. The van der Waals surface area contributed by atoms with Gasteiger partial charge >= 0.3 is 6.03 Å². The maximum absolute atomic E-state index is 15.4. The Bertz CT molecular complexity index is 4060. The summed E-state index contributed by atoms with van der Waals surface area (Å²) in [5, 5.41) is 36.2. The predicted molar refractivity (Wildman–Crippen MR) is 391 cm³/mol. The Kier molecular flexibility index (Phi) is 30.0. The van der Waals surface area contributed by atoms with Crippen LogP contribution in [0.5, 0.6) is 0 Å². The maximum Gasteiger partial charge on any atom is 0.312 e. The Labute approximate surface area is 622 Å². The highest BCUT2D eigenvalue weighted by molar-refractivity contribution is 6.30. The predicted octanol–water partition coefficient (Wildman–Crippen LogP) is -1.18. The number of benzene rings is 4. The number of pyridine rings is 1. The number of nitrogens with zero attached hydrogens (tertiary/aromatic N) is 2. The van der Waals surface area contributed by atoms with Crippen molar-refractivity contribution in [1.29, 1.82) is 0 Å². The van der Waals surface area contributed by atoms with Gasteiger partial charge in [-0.15, -0.1) is 0 Å². The van der Waals surface area contributed by atoms with E-state index in [9.17, 15) is 52.7 Å². The van der Waals surface area contributed by atoms with Crippen molar-refractivity contribution in [2.45, 2.75) is 171 Å². The van der Waals surface area contributed by atoms with Crippen LogP contribution in [-0.4, -0.2) is 191 Å². The molecule has 2 bridgehead atoms. The molecule has 33 heteroatoms. The number of carbonyl (C=O) groups excluding carboxylic acids is 15. The lowest BCUT2D eigenvalue weighted by molar-refractivity contribution is -0.142. The average molecular weight is 1500 g/mol. The Hall–Kier alpha value is -11.6. The van der Waals surface area contributed by atoms with Crippen molar-refractivity contribution in [3.63, 3.8) is 0 Å². The summed E-state index contributed by atoms with van der Waals surface area (Å²) in [4.78, 5) is 221. The Balaban J connectivity index is 1.20. The summed E-state index contributed by atoms with van der Waals surface area (Å²) >= 11 is 6.28. The van der Waals surface area contributed by atoms with Gasteiger partial charge in [-0.3, -0.25) is 72.1 Å². The smallest absolute Gasteiger partial charge is 0.312 e. The second kappa shape index (κ2) is 39.5. The van der Waals surface area contributed by atoms with Gasteiger partial charge in [0.25, 0.3) is 0 Å². The van der Waals surface area contributed by atoms with Crippen molar-refractivity contribution in [1.82, 2.24) is 79.0 Å². The molecule has 4 aromatic carbocycles. The second-order valence-electron chi connectivity index (χ2n) is 27.1. The normalized spacial score (nSPS) is 21.9. The number of carbonyl (C=O) groups is 15. The van der Waals surface area contributed by atoms with Gasteiger partial charge in [0.15, 0.2) is 0 Å². The molecule has 3 aliphatic rings. The summed E-state index contributed by atoms with van der Waals surface area (Å²) in [6.07, 6.45) is -0.617. The van der Waals surface area contributed by atoms with Crippen molar-refractivity contribution >= 4 is 111 Å². The molecule has 3 fully saturated rings. The molecule has 11 atom stereocenters. The minimum Gasteiger partial charge on any atom is -0.368 e. The number of urea groups is 1. The summed E-state index contributed by atoms with van der Waals surface area (Å²) in [6.45, 7) is 3.49. The number of hydrogen-bond donors (Lipinski definition) is 15. The van der Waals surface area contributed by atoms with Crippen LogP contribution in [0.1, 0.15) is 101 Å². The van der Waals surface area contributed by atoms with Crippen LogP contribution < -0.4 is 80.6 Å². The first kappa shape index (κ1) is 81.1. The number of fused-ring (bicyclic) bond motifs is 11. The molecule has 1 aromatic heterocycles. The van der Waals surface area contributed by atoms with Crippen LogP contribution in [-0.2, 0) is 92.8 Å². The molecule has 0 aliphatic carbocycles. The van der Waals surface area contributed by atoms with E-state index in [4.69, 9.17) is 23.1 Å². The highest BCUT2D eigenvalue weighted by Crippen LogP contribution is 2.22. The number of halogens is 1. The Morgan fingerprint density at radius 3 is 1.91 bits per heavy atom. The summed E-state index contributed by atoms with van der Waals surface area (Å²) in [5.41, 5.74) is 13.3. The second-order valence-corrected chi connectivity index (χ2v) is 27.6. The number of amides is 16. The lowest BCUT2D eigenvalue weighted by atomic mass is 9.99. The third-order valence-electron chi connectivity index (χ3n) is 18.3. The third kappa shape index (κ3) is 25.1. The minimum atomic E-state index is -2.09. The van der Waals surface area contributed by atoms with Crippen LogP contribution in [0.25, 0.3) is 10.8 Å². The van der Waals surface area contributed by atoms with Crippen LogP contribution in [0.15, 0.2) is 122 Å². The summed E-state index contributed by atoms with van der Waals surface area (Å²) < 4.78 is 0. The lowest BCUT2D eigenvalue weighted by Gasteiger charge is -2.31. The first-order chi connectivity index (χ1) is 51.2. The van der Waals surface area contributed by atoms with Crippen molar-refractivity contribution in [2.24, 2.45) is 17.4 Å². The van der Waals surface area contributed by atoms with Crippen LogP contribution in [0.2, 0.25) is 5.02 Å². The van der Waals surface area contributed by atoms with E-state index in [0.717, 1.165) is 10.8 Å². The average Bonchev–Trinajstić information content (AvgIpc) is 1.76. The molecular formula is C74H92ClN17O15. The fourth-order valence-corrected chi connectivity index (χ4v) is 12.9. The topological polar surface area (TPSA) is 481 Å². The molecule has 0 spiro atoms. The summed E-state index contributed by atoms with van der Waals surface area (Å²) in [7, 11) is 0. The monoisotopic (exact) mass is 1490 g/mol. The van der Waals surface area contributed by atoms with E-state index in [1.807, 2.05) is 36.4 Å². The minimum absolute atomic E-state index is 0.0250. The van der Waals surface area contributed by atoms with E-state index >= 15 is 19.2 Å².